The van der Waals surface area contributed by atoms with Gasteiger partial charge in [0.05, 0.1) is 10.3 Å². The number of piperidine rings is 1. The Labute approximate surface area is 146 Å². The van der Waals surface area contributed by atoms with Gasteiger partial charge >= 0.3 is 0 Å². The standard InChI is InChI=1S/C16H27BrN4S/c1-4-18-16(19-10-13-6-5-9-20(2)11-13)21(3)12-14-7-8-15(17)22-14/h7-8,13H,4-6,9-12H2,1-3H3,(H,18,19). The maximum Gasteiger partial charge on any atom is 0.193 e. The number of halogens is 1. The van der Waals surface area contributed by atoms with Crippen LogP contribution in [0.25, 0.3) is 0 Å². The quantitative estimate of drug-likeness (QED) is 0.622. The van der Waals surface area contributed by atoms with E-state index in [4.69, 9.17) is 4.99 Å². The molecule has 1 unspecified atom stereocenters. The van der Waals surface area contributed by atoms with Crippen LogP contribution in [0.4, 0.5) is 0 Å². The normalized spacial score (nSPS) is 20.2. The molecule has 0 aliphatic carbocycles. The second-order valence-electron chi connectivity index (χ2n) is 6.03. The van der Waals surface area contributed by atoms with Gasteiger partial charge in [-0.1, -0.05) is 0 Å². The van der Waals surface area contributed by atoms with Gasteiger partial charge in [-0.2, -0.15) is 0 Å². The Balaban J connectivity index is 1.93. The van der Waals surface area contributed by atoms with Crippen molar-refractivity contribution in [2.45, 2.75) is 26.3 Å². The Bertz CT molecular complexity index is 488. The first-order valence-corrected chi connectivity index (χ1v) is 9.61. The van der Waals surface area contributed by atoms with E-state index in [1.165, 1.54) is 34.6 Å². The van der Waals surface area contributed by atoms with E-state index < -0.39 is 0 Å². The number of thiophene rings is 1. The number of rotatable bonds is 5. The molecule has 0 radical (unpaired) electrons. The summed E-state index contributed by atoms with van der Waals surface area (Å²) in [5, 5.41) is 3.42. The van der Waals surface area contributed by atoms with Crippen molar-refractivity contribution in [3.8, 4) is 0 Å². The number of likely N-dealkylation sites (tertiary alicyclic amines) is 1. The molecule has 4 nitrogen and oxygen atoms in total. The average Bonchev–Trinajstić information content (AvgIpc) is 2.88. The van der Waals surface area contributed by atoms with E-state index in [2.05, 4.69) is 64.2 Å². The third-order valence-electron chi connectivity index (χ3n) is 3.94. The lowest BCUT2D eigenvalue weighted by molar-refractivity contribution is 0.214. The van der Waals surface area contributed by atoms with Crippen LogP contribution in [0.15, 0.2) is 20.9 Å². The lowest BCUT2D eigenvalue weighted by Gasteiger charge is -2.29. The molecule has 0 bridgehead atoms. The van der Waals surface area contributed by atoms with E-state index in [0.717, 1.165) is 25.6 Å². The monoisotopic (exact) mass is 386 g/mol. The van der Waals surface area contributed by atoms with Crippen LogP contribution in [0, 0.1) is 5.92 Å². The highest BCUT2D eigenvalue weighted by Gasteiger charge is 2.17. The van der Waals surface area contributed by atoms with Gasteiger partial charge in [0.2, 0.25) is 0 Å². The molecule has 2 heterocycles. The van der Waals surface area contributed by atoms with Gasteiger partial charge in [-0.05, 0) is 67.3 Å². The molecular weight excluding hydrogens is 360 g/mol. The van der Waals surface area contributed by atoms with E-state index in [1.54, 1.807) is 11.3 Å². The summed E-state index contributed by atoms with van der Waals surface area (Å²) in [5.41, 5.74) is 0. The van der Waals surface area contributed by atoms with Crippen LogP contribution in [0.5, 0.6) is 0 Å². The first kappa shape index (κ1) is 17.8. The molecule has 1 aliphatic rings. The van der Waals surface area contributed by atoms with Crippen molar-refractivity contribution >= 4 is 33.2 Å². The van der Waals surface area contributed by atoms with E-state index in [9.17, 15) is 0 Å². The third-order valence-corrected chi connectivity index (χ3v) is 5.55. The zero-order valence-electron chi connectivity index (χ0n) is 13.8. The zero-order valence-corrected chi connectivity index (χ0v) is 16.2. The summed E-state index contributed by atoms with van der Waals surface area (Å²) in [6, 6.07) is 4.28. The van der Waals surface area contributed by atoms with Crippen LogP contribution in [0.3, 0.4) is 0 Å². The molecule has 6 heteroatoms. The first-order chi connectivity index (χ1) is 10.6. The Morgan fingerprint density at radius 2 is 2.36 bits per heavy atom. The summed E-state index contributed by atoms with van der Waals surface area (Å²) in [6.07, 6.45) is 2.60. The number of guanidine groups is 1. The van der Waals surface area contributed by atoms with Crippen molar-refractivity contribution in [2.75, 3.05) is 40.3 Å². The lowest BCUT2D eigenvalue weighted by atomic mass is 9.99. The van der Waals surface area contributed by atoms with Crippen molar-refractivity contribution in [1.29, 1.82) is 0 Å². The predicted octanol–water partition coefficient (Wildman–Crippen LogP) is 3.25. The fourth-order valence-corrected chi connectivity index (χ4v) is 4.39. The molecule has 1 fully saturated rings. The number of aliphatic imine (C=N–C) groups is 1. The summed E-state index contributed by atoms with van der Waals surface area (Å²) < 4.78 is 1.18. The molecular formula is C16H27BrN4S. The molecule has 0 spiro atoms. The van der Waals surface area contributed by atoms with Crippen molar-refractivity contribution in [1.82, 2.24) is 15.1 Å². The van der Waals surface area contributed by atoms with Crippen LogP contribution in [0.1, 0.15) is 24.6 Å². The van der Waals surface area contributed by atoms with Crippen LogP contribution in [-0.2, 0) is 6.54 Å². The van der Waals surface area contributed by atoms with Gasteiger partial charge < -0.3 is 15.1 Å². The average molecular weight is 387 g/mol. The molecule has 1 N–H and O–H groups in total. The van der Waals surface area contributed by atoms with E-state index >= 15 is 0 Å². The summed E-state index contributed by atoms with van der Waals surface area (Å²) in [7, 11) is 4.32. The summed E-state index contributed by atoms with van der Waals surface area (Å²) in [5.74, 6) is 1.71. The smallest absolute Gasteiger partial charge is 0.193 e. The highest BCUT2D eigenvalue weighted by molar-refractivity contribution is 9.11. The highest BCUT2D eigenvalue weighted by atomic mass is 79.9. The predicted molar refractivity (Wildman–Crippen MR) is 99.7 cm³/mol. The molecule has 1 atom stereocenters. The molecule has 0 aromatic carbocycles. The minimum absolute atomic E-state index is 0.691. The second-order valence-corrected chi connectivity index (χ2v) is 8.57. The van der Waals surface area contributed by atoms with Gasteiger partial charge in [0.25, 0.3) is 0 Å². The van der Waals surface area contributed by atoms with E-state index in [-0.39, 0.29) is 0 Å². The lowest BCUT2D eigenvalue weighted by Crippen LogP contribution is -2.39. The van der Waals surface area contributed by atoms with Crippen LogP contribution in [-0.4, -0.2) is 56.0 Å². The SMILES string of the molecule is CCNC(=NCC1CCCN(C)C1)N(C)Cc1ccc(Br)s1. The number of hydrogen-bond acceptors (Lipinski definition) is 3. The zero-order chi connectivity index (χ0) is 15.9. The molecule has 2 rings (SSSR count). The highest BCUT2D eigenvalue weighted by Crippen LogP contribution is 2.23. The Kier molecular flexibility index (Phi) is 7.18. The topological polar surface area (TPSA) is 30.9 Å². The number of nitrogens with zero attached hydrogens (tertiary/aromatic N) is 3. The Hall–Kier alpha value is -0.590. The van der Waals surface area contributed by atoms with Gasteiger partial charge in [0.15, 0.2) is 5.96 Å². The largest absolute Gasteiger partial charge is 0.357 e. The minimum atomic E-state index is 0.691. The molecule has 1 aromatic heterocycles. The molecule has 1 saturated heterocycles. The van der Waals surface area contributed by atoms with Crippen molar-refractivity contribution < 1.29 is 0 Å². The van der Waals surface area contributed by atoms with Crippen molar-refractivity contribution in [3.05, 3.63) is 20.8 Å². The van der Waals surface area contributed by atoms with Crippen LogP contribution < -0.4 is 5.32 Å². The molecule has 0 amide bonds. The van der Waals surface area contributed by atoms with Crippen molar-refractivity contribution in [2.24, 2.45) is 10.9 Å². The van der Waals surface area contributed by atoms with Gasteiger partial charge in [-0.25, -0.2) is 0 Å². The Morgan fingerprint density at radius 1 is 1.55 bits per heavy atom. The second kappa shape index (κ2) is 8.89. The molecule has 1 aliphatic heterocycles. The van der Waals surface area contributed by atoms with E-state index in [1.807, 2.05) is 0 Å². The van der Waals surface area contributed by atoms with Gasteiger partial charge in [-0.15, -0.1) is 11.3 Å². The Morgan fingerprint density at radius 3 is 3.00 bits per heavy atom. The molecule has 124 valence electrons. The molecule has 0 saturated carbocycles. The van der Waals surface area contributed by atoms with Crippen LogP contribution in [0.2, 0.25) is 0 Å². The molecule has 22 heavy (non-hydrogen) atoms. The van der Waals surface area contributed by atoms with Crippen LogP contribution >= 0.6 is 27.3 Å². The maximum atomic E-state index is 4.87. The maximum absolute atomic E-state index is 4.87. The van der Waals surface area contributed by atoms with Gasteiger partial charge in [0, 0.05) is 31.6 Å². The minimum Gasteiger partial charge on any atom is -0.357 e. The molecule has 1 aromatic rings. The fraction of sp³-hybridized carbons (Fsp3) is 0.688. The third kappa shape index (κ3) is 5.56. The summed E-state index contributed by atoms with van der Waals surface area (Å²) >= 11 is 5.31. The number of nitrogens with one attached hydrogen (secondary N) is 1. The number of hydrogen-bond donors (Lipinski definition) is 1. The van der Waals surface area contributed by atoms with E-state index in [0.29, 0.717) is 5.92 Å². The fourth-order valence-electron chi connectivity index (χ4n) is 2.85. The summed E-state index contributed by atoms with van der Waals surface area (Å²) in [6.45, 7) is 7.25. The van der Waals surface area contributed by atoms with Crippen molar-refractivity contribution in [3.63, 3.8) is 0 Å². The summed E-state index contributed by atoms with van der Waals surface area (Å²) in [4.78, 5) is 10.9. The van der Waals surface area contributed by atoms with Gasteiger partial charge in [-0.3, -0.25) is 4.99 Å². The van der Waals surface area contributed by atoms with Gasteiger partial charge in [0.1, 0.15) is 0 Å². The first-order valence-electron chi connectivity index (χ1n) is 8.00.